The summed E-state index contributed by atoms with van der Waals surface area (Å²) in [6.07, 6.45) is -5.42. The van der Waals surface area contributed by atoms with Gasteiger partial charge in [0.15, 0.2) is 12.4 Å². The van der Waals surface area contributed by atoms with Crippen molar-refractivity contribution in [2.75, 3.05) is 6.61 Å². The number of aliphatic carboxylic acids is 1. The van der Waals surface area contributed by atoms with Crippen molar-refractivity contribution in [3.63, 3.8) is 0 Å². The third kappa shape index (κ3) is 5.33. The molecule has 0 radical (unpaired) electrons. The molecule has 0 bridgehead atoms. The first-order chi connectivity index (χ1) is 13.2. The van der Waals surface area contributed by atoms with Crippen molar-refractivity contribution < 1.29 is 44.2 Å². The molecule has 10 heteroatoms. The van der Waals surface area contributed by atoms with Crippen LogP contribution in [0, 0.1) is 0 Å². The van der Waals surface area contributed by atoms with E-state index in [1.165, 1.54) is 20.1 Å². The van der Waals surface area contributed by atoms with Crippen LogP contribution in [0.1, 0.15) is 19.4 Å². The highest BCUT2D eigenvalue weighted by Crippen LogP contribution is 2.26. The molecular weight excluding hydrogens is 374 g/mol. The Bertz CT molecular complexity index is 723. The van der Waals surface area contributed by atoms with Crippen molar-refractivity contribution in [3.8, 4) is 5.75 Å². The molecular formula is C18H23NO9. The highest BCUT2D eigenvalue weighted by atomic mass is 16.6. The number of carboxylic acid groups (broad SMARTS) is 1. The summed E-state index contributed by atoms with van der Waals surface area (Å²) in [5.74, 6) is -1.56. The minimum absolute atomic E-state index is 0.232. The van der Waals surface area contributed by atoms with Crippen LogP contribution >= 0.6 is 0 Å². The molecule has 0 saturated carbocycles. The lowest BCUT2D eigenvalue weighted by molar-refractivity contribution is -0.262. The number of rotatable bonds is 7. The molecule has 0 aliphatic carbocycles. The van der Waals surface area contributed by atoms with Crippen molar-refractivity contribution in [1.29, 1.82) is 0 Å². The smallest absolute Gasteiger partial charge is 0.332 e. The third-order valence-electron chi connectivity index (χ3n) is 4.11. The lowest BCUT2D eigenvalue weighted by Crippen LogP contribution is -2.59. The van der Waals surface area contributed by atoms with E-state index in [-0.39, 0.29) is 5.75 Å². The fourth-order valence-electron chi connectivity index (χ4n) is 2.68. The molecule has 6 atom stereocenters. The summed E-state index contributed by atoms with van der Waals surface area (Å²) in [6, 6.07) is 5.31. The van der Waals surface area contributed by atoms with Crippen LogP contribution < -0.4 is 4.74 Å². The quantitative estimate of drug-likeness (QED) is 0.266. The number of carboxylic acids is 1. The van der Waals surface area contributed by atoms with Crippen molar-refractivity contribution in [1.82, 2.24) is 0 Å². The molecule has 1 heterocycles. The number of ether oxygens (including phenoxy) is 3. The molecule has 154 valence electrons. The van der Waals surface area contributed by atoms with Crippen LogP contribution in [0.15, 0.2) is 29.3 Å². The highest BCUT2D eigenvalue weighted by Gasteiger charge is 2.46. The Kier molecular flexibility index (Phi) is 7.61. The predicted octanol–water partition coefficient (Wildman–Crippen LogP) is -0.672. The molecule has 1 aliphatic rings. The molecule has 1 aromatic carbocycles. The second-order valence-electron chi connectivity index (χ2n) is 6.22. The Morgan fingerprint density at radius 3 is 2.61 bits per heavy atom. The second kappa shape index (κ2) is 9.71. The van der Waals surface area contributed by atoms with Gasteiger partial charge in [-0.3, -0.25) is 9.79 Å². The number of aliphatic imine (C=N–C) groups is 1. The van der Waals surface area contributed by atoms with Crippen LogP contribution in [0.3, 0.4) is 0 Å². The zero-order valence-corrected chi connectivity index (χ0v) is 15.3. The van der Waals surface area contributed by atoms with Gasteiger partial charge in [0.05, 0.1) is 6.61 Å². The van der Waals surface area contributed by atoms with Gasteiger partial charge in [-0.25, -0.2) is 4.79 Å². The van der Waals surface area contributed by atoms with Crippen LogP contribution in [0.2, 0.25) is 0 Å². The van der Waals surface area contributed by atoms with Crippen molar-refractivity contribution in [2.24, 2.45) is 4.99 Å². The molecule has 10 nitrogen and oxygen atoms in total. The van der Waals surface area contributed by atoms with Crippen LogP contribution in [0.4, 0.5) is 0 Å². The Morgan fingerprint density at radius 2 is 2.00 bits per heavy atom. The lowest BCUT2D eigenvalue weighted by Gasteiger charge is -2.41. The maximum absolute atomic E-state index is 11.2. The molecule has 1 aliphatic heterocycles. The van der Waals surface area contributed by atoms with E-state index in [1.54, 1.807) is 24.3 Å². The minimum atomic E-state index is -1.57. The first-order valence-corrected chi connectivity index (χ1v) is 8.56. The molecule has 0 aromatic heterocycles. The van der Waals surface area contributed by atoms with E-state index < -0.39 is 55.3 Å². The largest absolute Gasteiger partial charge is 0.479 e. The predicted molar refractivity (Wildman–Crippen MR) is 95.1 cm³/mol. The number of carbonyl (C=O) groups excluding carboxylic acids is 1. The molecule has 2 rings (SSSR count). The van der Waals surface area contributed by atoms with Gasteiger partial charge in [0.25, 0.3) is 0 Å². The fourth-order valence-corrected chi connectivity index (χ4v) is 2.68. The van der Waals surface area contributed by atoms with Gasteiger partial charge in [-0.15, -0.1) is 0 Å². The van der Waals surface area contributed by atoms with Crippen molar-refractivity contribution in [2.45, 2.75) is 50.6 Å². The third-order valence-corrected chi connectivity index (χ3v) is 4.11. The van der Waals surface area contributed by atoms with E-state index in [1.807, 2.05) is 0 Å². The number of para-hydroxylation sites is 1. The molecule has 0 amide bonds. The molecule has 1 aromatic rings. The Morgan fingerprint density at radius 1 is 1.32 bits per heavy atom. The second-order valence-corrected chi connectivity index (χ2v) is 6.22. The first-order valence-electron chi connectivity index (χ1n) is 8.56. The Balaban J connectivity index is 2.30. The number of aliphatic hydroxyl groups excluding tert-OH is 3. The standard InChI is InChI=1S/C18H23NO9/c1-9(17(23)24)26-16-14(18(25)28-13(8-20)15(16)22)19-7-11-5-3-4-6-12(11)27-10(2)21/h3-7,9,13-16,18,20,22,25H,8H2,1-2H3,(H,23,24)/t9-,13-,14-,15-,16-,18?/m1/s1. The normalized spacial score (nSPS) is 28.8. The van der Waals surface area contributed by atoms with E-state index in [4.69, 9.17) is 19.3 Å². The number of hydrogen-bond donors (Lipinski definition) is 4. The number of aliphatic hydroxyl groups is 3. The summed E-state index contributed by atoms with van der Waals surface area (Å²) >= 11 is 0. The number of carbonyl (C=O) groups is 2. The van der Waals surface area contributed by atoms with Gasteiger partial charge in [0.1, 0.15) is 30.1 Å². The molecule has 1 unspecified atom stereocenters. The average Bonchev–Trinajstić information content (AvgIpc) is 2.64. The molecule has 28 heavy (non-hydrogen) atoms. The van der Waals surface area contributed by atoms with Crippen LogP contribution in [0.25, 0.3) is 0 Å². The summed E-state index contributed by atoms with van der Waals surface area (Å²) in [6.45, 7) is 1.90. The summed E-state index contributed by atoms with van der Waals surface area (Å²) < 4.78 is 15.6. The molecule has 4 N–H and O–H groups in total. The van der Waals surface area contributed by atoms with E-state index in [2.05, 4.69) is 4.99 Å². The van der Waals surface area contributed by atoms with Gasteiger partial charge in [-0.2, -0.15) is 0 Å². The van der Waals surface area contributed by atoms with Gasteiger partial charge in [0, 0.05) is 18.7 Å². The summed E-state index contributed by atoms with van der Waals surface area (Å²) in [4.78, 5) is 26.5. The average molecular weight is 397 g/mol. The maximum Gasteiger partial charge on any atom is 0.332 e. The maximum atomic E-state index is 11.2. The highest BCUT2D eigenvalue weighted by molar-refractivity contribution is 5.85. The summed E-state index contributed by atoms with van der Waals surface area (Å²) in [5, 5.41) is 39.0. The fraction of sp³-hybridized carbons (Fsp3) is 0.500. The summed E-state index contributed by atoms with van der Waals surface area (Å²) in [5.41, 5.74) is 0.411. The molecule has 1 saturated heterocycles. The van der Waals surface area contributed by atoms with Gasteiger partial charge < -0.3 is 34.6 Å². The molecule has 0 spiro atoms. The van der Waals surface area contributed by atoms with Crippen LogP contribution in [-0.2, 0) is 19.1 Å². The van der Waals surface area contributed by atoms with Gasteiger partial charge >= 0.3 is 11.9 Å². The Hall–Kier alpha value is -2.37. The number of hydrogen-bond acceptors (Lipinski definition) is 9. The topological polar surface area (TPSA) is 155 Å². The van der Waals surface area contributed by atoms with E-state index in [0.717, 1.165) is 0 Å². The number of benzene rings is 1. The van der Waals surface area contributed by atoms with Gasteiger partial charge in [0.2, 0.25) is 0 Å². The SMILES string of the molecule is CC(=O)Oc1ccccc1C=N[C@H]1C(O)O[C@H](CO)[C@@H](O)[C@@H]1O[C@H](C)C(=O)O. The first kappa shape index (κ1) is 21.9. The van der Waals surface area contributed by atoms with Crippen LogP contribution in [-0.4, -0.2) is 81.9 Å². The van der Waals surface area contributed by atoms with E-state index >= 15 is 0 Å². The molecule has 1 fully saturated rings. The lowest BCUT2D eigenvalue weighted by atomic mass is 9.97. The monoisotopic (exact) mass is 397 g/mol. The van der Waals surface area contributed by atoms with Crippen molar-refractivity contribution >= 4 is 18.2 Å². The minimum Gasteiger partial charge on any atom is -0.479 e. The summed E-state index contributed by atoms with van der Waals surface area (Å²) in [7, 11) is 0. The van der Waals surface area contributed by atoms with Crippen molar-refractivity contribution in [3.05, 3.63) is 29.8 Å². The van der Waals surface area contributed by atoms with E-state index in [0.29, 0.717) is 5.56 Å². The van der Waals surface area contributed by atoms with E-state index in [9.17, 15) is 24.9 Å². The number of nitrogens with zero attached hydrogens (tertiary/aromatic N) is 1. The Labute approximate surface area is 161 Å². The van der Waals surface area contributed by atoms with Crippen LogP contribution in [0.5, 0.6) is 5.75 Å². The number of esters is 1. The zero-order valence-electron chi connectivity index (χ0n) is 15.3. The van der Waals surface area contributed by atoms with Gasteiger partial charge in [-0.1, -0.05) is 12.1 Å². The van der Waals surface area contributed by atoms with Gasteiger partial charge in [-0.05, 0) is 19.1 Å². The zero-order chi connectivity index (χ0) is 20.8.